The van der Waals surface area contributed by atoms with Crippen LogP contribution in [-0.4, -0.2) is 43.6 Å². The number of nitrogens with one attached hydrogen (secondary N) is 2. The fourth-order valence-corrected chi connectivity index (χ4v) is 3.80. The predicted octanol–water partition coefficient (Wildman–Crippen LogP) is 3.55. The van der Waals surface area contributed by atoms with Crippen molar-refractivity contribution in [1.82, 2.24) is 15.5 Å². The molecule has 1 saturated heterocycles. The van der Waals surface area contributed by atoms with E-state index in [1.165, 1.54) is 18.7 Å². The molecule has 0 radical (unpaired) electrons. The first kappa shape index (κ1) is 21.1. The number of halogens is 1. The standard InChI is InChI=1S/C23H31FN4O/c1-17-13-20(11-12-28(17)16-18-7-5-4-6-8-18)27-23(25-2)26-15-19-9-10-22(29-3)21(24)14-19/h4-10,14,17,20H,11-13,15-16H2,1-3H3,(H2,25,26,27). The summed E-state index contributed by atoms with van der Waals surface area (Å²) in [5, 5.41) is 6.80. The molecule has 2 aromatic rings. The molecule has 29 heavy (non-hydrogen) atoms. The van der Waals surface area contributed by atoms with E-state index in [1.54, 1.807) is 13.1 Å². The van der Waals surface area contributed by atoms with Crippen LogP contribution in [0.3, 0.4) is 0 Å². The van der Waals surface area contributed by atoms with Gasteiger partial charge in [-0.05, 0) is 43.0 Å². The number of rotatable bonds is 6. The number of benzene rings is 2. The zero-order chi connectivity index (χ0) is 20.6. The third-order valence-corrected chi connectivity index (χ3v) is 5.48. The van der Waals surface area contributed by atoms with Crippen LogP contribution in [0.2, 0.25) is 0 Å². The van der Waals surface area contributed by atoms with E-state index in [2.05, 4.69) is 57.8 Å². The fraction of sp³-hybridized carbons (Fsp3) is 0.435. The minimum Gasteiger partial charge on any atom is -0.494 e. The van der Waals surface area contributed by atoms with Gasteiger partial charge in [0.05, 0.1) is 7.11 Å². The van der Waals surface area contributed by atoms with Gasteiger partial charge in [0.1, 0.15) is 0 Å². The highest BCUT2D eigenvalue weighted by Crippen LogP contribution is 2.20. The minimum atomic E-state index is -0.352. The van der Waals surface area contributed by atoms with Crippen LogP contribution in [0, 0.1) is 5.82 Å². The van der Waals surface area contributed by atoms with Crippen LogP contribution in [0.25, 0.3) is 0 Å². The first-order chi connectivity index (χ1) is 14.1. The van der Waals surface area contributed by atoms with Crippen LogP contribution < -0.4 is 15.4 Å². The molecule has 0 spiro atoms. The molecule has 2 atom stereocenters. The third-order valence-electron chi connectivity index (χ3n) is 5.48. The third kappa shape index (κ3) is 5.94. The zero-order valence-electron chi connectivity index (χ0n) is 17.5. The average Bonchev–Trinajstić information content (AvgIpc) is 2.74. The highest BCUT2D eigenvalue weighted by molar-refractivity contribution is 5.80. The molecule has 1 aliphatic rings. The summed E-state index contributed by atoms with van der Waals surface area (Å²) in [6.07, 6.45) is 2.12. The minimum absolute atomic E-state index is 0.257. The first-order valence-corrected chi connectivity index (χ1v) is 10.2. The monoisotopic (exact) mass is 398 g/mol. The molecule has 0 saturated carbocycles. The smallest absolute Gasteiger partial charge is 0.191 e. The van der Waals surface area contributed by atoms with Crippen LogP contribution in [-0.2, 0) is 13.1 Å². The van der Waals surface area contributed by atoms with E-state index in [1.807, 2.05) is 6.07 Å². The number of hydrogen-bond donors (Lipinski definition) is 2. The zero-order valence-corrected chi connectivity index (χ0v) is 17.5. The number of nitrogens with zero attached hydrogens (tertiary/aromatic N) is 2. The Bertz CT molecular complexity index is 812. The van der Waals surface area contributed by atoms with Crippen molar-refractivity contribution in [2.45, 2.75) is 44.9 Å². The summed E-state index contributed by atoms with van der Waals surface area (Å²) in [6, 6.07) is 16.5. The topological polar surface area (TPSA) is 48.9 Å². The Kier molecular flexibility index (Phi) is 7.47. The normalized spacial score (nSPS) is 20.3. The van der Waals surface area contributed by atoms with Gasteiger partial charge in [0.25, 0.3) is 0 Å². The molecule has 1 fully saturated rings. The maximum Gasteiger partial charge on any atom is 0.191 e. The van der Waals surface area contributed by atoms with Crippen LogP contribution in [0.15, 0.2) is 53.5 Å². The van der Waals surface area contributed by atoms with Crippen LogP contribution >= 0.6 is 0 Å². The van der Waals surface area contributed by atoms with Gasteiger partial charge in [-0.2, -0.15) is 0 Å². The summed E-state index contributed by atoms with van der Waals surface area (Å²) in [5.41, 5.74) is 2.20. The molecule has 2 N–H and O–H groups in total. The molecule has 156 valence electrons. The lowest BCUT2D eigenvalue weighted by molar-refractivity contribution is 0.134. The van der Waals surface area contributed by atoms with Gasteiger partial charge in [-0.15, -0.1) is 0 Å². The van der Waals surface area contributed by atoms with Gasteiger partial charge >= 0.3 is 0 Å². The molecule has 6 heteroatoms. The molecule has 0 aliphatic carbocycles. The fourth-order valence-electron chi connectivity index (χ4n) is 3.80. The number of hydrogen-bond acceptors (Lipinski definition) is 3. The molecule has 2 aromatic carbocycles. The Morgan fingerprint density at radius 2 is 2.00 bits per heavy atom. The molecule has 2 unspecified atom stereocenters. The maximum atomic E-state index is 13.9. The Morgan fingerprint density at radius 3 is 2.66 bits per heavy atom. The molecule has 1 heterocycles. The van der Waals surface area contributed by atoms with Gasteiger partial charge in [0.15, 0.2) is 17.5 Å². The molecular formula is C23H31FN4O. The summed E-state index contributed by atoms with van der Waals surface area (Å²) in [6.45, 7) is 4.83. The lowest BCUT2D eigenvalue weighted by atomic mass is 9.97. The van der Waals surface area contributed by atoms with E-state index in [4.69, 9.17) is 4.74 Å². The Morgan fingerprint density at radius 1 is 1.21 bits per heavy atom. The van der Waals surface area contributed by atoms with Crippen molar-refractivity contribution in [2.75, 3.05) is 20.7 Å². The number of piperidine rings is 1. The van der Waals surface area contributed by atoms with Gasteiger partial charge in [-0.25, -0.2) is 4.39 Å². The van der Waals surface area contributed by atoms with Gasteiger partial charge in [0, 0.05) is 38.8 Å². The maximum absolute atomic E-state index is 13.9. The van der Waals surface area contributed by atoms with Crippen molar-refractivity contribution >= 4 is 5.96 Å². The van der Waals surface area contributed by atoms with Crippen molar-refractivity contribution in [3.05, 3.63) is 65.5 Å². The Hall–Kier alpha value is -2.60. The van der Waals surface area contributed by atoms with Gasteiger partial charge < -0.3 is 15.4 Å². The second kappa shape index (κ2) is 10.3. The second-order valence-electron chi connectivity index (χ2n) is 7.57. The number of ether oxygens (including phenoxy) is 1. The quantitative estimate of drug-likeness (QED) is 0.577. The summed E-state index contributed by atoms with van der Waals surface area (Å²) in [5.74, 6) is 0.650. The highest BCUT2D eigenvalue weighted by atomic mass is 19.1. The number of likely N-dealkylation sites (tertiary alicyclic amines) is 1. The van der Waals surface area contributed by atoms with E-state index >= 15 is 0 Å². The molecule has 0 bridgehead atoms. The van der Waals surface area contributed by atoms with E-state index < -0.39 is 0 Å². The summed E-state index contributed by atoms with van der Waals surface area (Å²) >= 11 is 0. The molecule has 5 nitrogen and oxygen atoms in total. The van der Waals surface area contributed by atoms with Gasteiger partial charge in [0.2, 0.25) is 0 Å². The lowest BCUT2D eigenvalue weighted by Gasteiger charge is -2.38. The van der Waals surface area contributed by atoms with Crippen molar-refractivity contribution < 1.29 is 9.13 Å². The Balaban J connectivity index is 1.48. The van der Waals surface area contributed by atoms with Gasteiger partial charge in [-0.1, -0.05) is 36.4 Å². The molecular weight excluding hydrogens is 367 g/mol. The van der Waals surface area contributed by atoms with Crippen molar-refractivity contribution in [2.24, 2.45) is 4.99 Å². The van der Waals surface area contributed by atoms with Gasteiger partial charge in [-0.3, -0.25) is 9.89 Å². The molecule has 0 aromatic heterocycles. The summed E-state index contributed by atoms with van der Waals surface area (Å²) < 4.78 is 18.8. The second-order valence-corrected chi connectivity index (χ2v) is 7.57. The largest absolute Gasteiger partial charge is 0.494 e. The highest BCUT2D eigenvalue weighted by Gasteiger charge is 2.25. The summed E-state index contributed by atoms with van der Waals surface area (Å²) in [7, 11) is 3.23. The van der Waals surface area contributed by atoms with E-state index in [0.717, 1.165) is 37.5 Å². The summed E-state index contributed by atoms with van der Waals surface area (Å²) in [4.78, 5) is 6.86. The molecule has 0 amide bonds. The van der Waals surface area contributed by atoms with Crippen LogP contribution in [0.4, 0.5) is 4.39 Å². The van der Waals surface area contributed by atoms with E-state index in [9.17, 15) is 4.39 Å². The van der Waals surface area contributed by atoms with E-state index in [0.29, 0.717) is 18.6 Å². The first-order valence-electron chi connectivity index (χ1n) is 10.2. The van der Waals surface area contributed by atoms with Crippen LogP contribution in [0.5, 0.6) is 5.75 Å². The van der Waals surface area contributed by atoms with E-state index in [-0.39, 0.29) is 11.6 Å². The van der Waals surface area contributed by atoms with Crippen molar-refractivity contribution in [3.8, 4) is 5.75 Å². The molecule has 1 aliphatic heterocycles. The number of methoxy groups -OCH3 is 1. The SMILES string of the molecule is CN=C(NCc1ccc(OC)c(F)c1)NC1CCN(Cc2ccccc2)C(C)C1. The lowest BCUT2D eigenvalue weighted by Crippen LogP contribution is -2.51. The van der Waals surface area contributed by atoms with Crippen molar-refractivity contribution in [3.63, 3.8) is 0 Å². The number of aliphatic imine (C=N–C) groups is 1. The van der Waals surface area contributed by atoms with Crippen LogP contribution in [0.1, 0.15) is 30.9 Å². The number of guanidine groups is 1. The average molecular weight is 399 g/mol. The Labute approximate surface area is 173 Å². The molecule has 3 rings (SSSR count). The predicted molar refractivity (Wildman–Crippen MR) is 116 cm³/mol. The van der Waals surface area contributed by atoms with Crippen molar-refractivity contribution in [1.29, 1.82) is 0 Å².